The number of Topliss-reactive ketones (excluding diaryl/α,β-unsaturated/α-hetero) is 1. The Labute approximate surface area is 197 Å². The molecule has 0 radical (unpaired) electrons. The lowest BCUT2D eigenvalue weighted by atomic mass is 9.94. The third kappa shape index (κ3) is 4.77. The van der Waals surface area contributed by atoms with Crippen LogP contribution < -0.4 is 14.2 Å². The normalized spacial score (nSPS) is 17.4. The number of carbonyl (C=O) groups is 2. The molecule has 33 heavy (non-hydrogen) atoms. The average Bonchev–Trinajstić information content (AvgIpc) is 3.08. The fraction of sp³-hybridized carbons (Fsp3) is 0.333. The van der Waals surface area contributed by atoms with Crippen molar-refractivity contribution in [3.8, 4) is 17.2 Å². The number of aliphatic hydroxyl groups is 1. The highest BCUT2D eigenvalue weighted by Gasteiger charge is 2.46. The van der Waals surface area contributed by atoms with Gasteiger partial charge in [-0.3, -0.25) is 9.59 Å². The van der Waals surface area contributed by atoms with Gasteiger partial charge in [0.05, 0.1) is 43.5 Å². The molecule has 0 bridgehead atoms. The maximum atomic E-state index is 13.1. The summed E-state index contributed by atoms with van der Waals surface area (Å²) in [4.78, 5) is 27.5. The number of carbonyl (C=O) groups excluding carboxylic acids is 2. The van der Waals surface area contributed by atoms with Crippen molar-refractivity contribution in [2.45, 2.75) is 12.5 Å². The Bertz CT molecular complexity index is 1070. The molecule has 0 spiro atoms. The van der Waals surface area contributed by atoms with Gasteiger partial charge in [0.1, 0.15) is 23.0 Å². The predicted octanol–water partition coefficient (Wildman–Crippen LogP) is 3.82. The molecular weight excluding hydrogens is 450 g/mol. The number of hydrogen-bond donors (Lipinski definition) is 1. The first kappa shape index (κ1) is 24.4. The van der Waals surface area contributed by atoms with Gasteiger partial charge in [-0.15, -0.1) is 0 Å². The predicted molar refractivity (Wildman–Crippen MR) is 123 cm³/mol. The molecule has 1 unspecified atom stereocenters. The first-order chi connectivity index (χ1) is 15.9. The minimum Gasteiger partial charge on any atom is -0.507 e. The van der Waals surface area contributed by atoms with Crippen molar-refractivity contribution in [3.63, 3.8) is 0 Å². The van der Waals surface area contributed by atoms with E-state index in [1.807, 2.05) is 0 Å². The van der Waals surface area contributed by atoms with Crippen LogP contribution in [0.15, 0.2) is 42.0 Å². The van der Waals surface area contributed by atoms with Crippen LogP contribution in [0.5, 0.6) is 17.2 Å². The van der Waals surface area contributed by atoms with Gasteiger partial charge in [-0.25, -0.2) is 0 Å². The Balaban J connectivity index is 2.20. The van der Waals surface area contributed by atoms with Crippen LogP contribution in [0.2, 0.25) is 5.02 Å². The number of amides is 1. The van der Waals surface area contributed by atoms with Crippen LogP contribution in [0.25, 0.3) is 5.76 Å². The summed E-state index contributed by atoms with van der Waals surface area (Å²) < 4.78 is 21.0. The molecule has 1 atom stereocenters. The number of halogens is 1. The standard InChI is InChI=1S/C24H26ClNO7/c1-30-11-5-10-26-21(14-6-8-15(31-2)9-7-14)20(23(28)24(26)29)22(27)16-12-19(33-4)17(25)13-18(16)32-3/h6-9,12-13,21,27H,5,10-11H2,1-4H3/b22-20+. The first-order valence-corrected chi connectivity index (χ1v) is 10.6. The Hall–Kier alpha value is -3.23. The SMILES string of the molecule is COCCCN1C(=O)C(=O)/C(=C(/O)c2cc(OC)c(Cl)cc2OC)C1c1ccc(OC)cc1. The second kappa shape index (κ2) is 10.6. The Morgan fingerprint density at radius 3 is 2.24 bits per heavy atom. The number of aliphatic hydroxyl groups excluding tert-OH is 1. The van der Waals surface area contributed by atoms with Crippen LogP contribution in [-0.4, -0.2) is 63.3 Å². The number of benzene rings is 2. The fourth-order valence-corrected chi connectivity index (χ4v) is 4.04. The molecule has 3 rings (SSSR count). The smallest absolute Gasteiger partial charge is 0.295 e. The maximum Gasteiger partial charge on any atom is 0.295 e. The molecule has 176 valence electrons. The molecule has 1 fully saturated rings. The highest BCUT2D eigenvalue weighted by atomic mass is 35.5. The highest BCUT2D eigenvalue weighted by molar-refractivity contribution is 6.46. The molecular formula is C24H26ClNO7. The van der Waals surface area contributed by atoms with Gasteiger partial charge in [-0.05, 0) is 30.2 Å². The molecule has 1 amide bonds. The number of ketones is 1. The molecule has 2 aromatic carbocycles. The number of methoxy groups -OCH3 is 4. The lowest BCUT2D eigenvalue weighted by molar-refractivity contribution is -0.140. The van der Waals surface area contributed by atoms with Crippen LogP contribution in [-0.2, 0) is 14.3 Å². The molecule has 1 heterocycles. The number of ether oxygens (including phenoxy) is 4. The van der Waals surface area contributed by atoms with Gasteiger partial charge in [0.15, 0.2) is 0 Å². The van der Waals surface area contributed by atoms with Gasteiger partial charge in [0.2, 0.25) is 0 Å². The van der Waals surface area contributed by atoms with Crippen molar-refractivity contribution in [1.29, 1.82) is 0 Å². The van der Waals surface area contributed by atoms with Crippen molar-refractivity contribution >= 4 is 29.1 Å². The molecule has 1 N–H and O–H groups in total. The van der Waals surface area contributed by atoms with E-state index in [9.17, 15) is 14.7 Å². The molecule has 0 aliphatic carbocycles. The summed E-state index contributed by atoms with van der Waals surface area (Å²) in [6.07, 6.45) is 0.522. The molecule has 9 heteroatoms. The monoisotopic (exact) mass is 475 g/mol. The topological polar surface area (TPSA) is 94.5 Å². The molecule has 2 aromatic rings. The van der Waals surface area contributed by atoms with Crippen molar-refractivity contribution < 1.29 is 33.6 Å². The molecule has 1 aliphatic heterocycles. The second-order valence-corrected chi connectivity index (χ2v) is 7.71. The Kier molecular flexibility index (Phi) is 7.84. The summed E-state index contributed by atoms with van der Waals surface area (Å²) in [5, 5.41) is 11.6. The van der Waals surface area contributed by atoms with E-state index in [0.29, 0.717) is 24.3 Å². The number of nitrogens with zero attached hydrogens (tertiary/aromatic N) is 1. The molecule has 1 aliphatic rings. The van der Waals surface area contributed by atoms with Gasteiger partial charge in [0, 0.05) is 26.3 Å². The summed E-state index contributed by atoms with van der Waals surface area (Å²) in [5.74, 6) is -0.726. The minimum atomic E-state index is -0.806. The van der Waals surface area contributed by atoms with Crippen molar-refractivity contribution in [1.82, 2.24) is 4.90 Å². The van der Waals surface area contributed by atoms with E-state index >= 15 is 0 Å². The molecule has 1 saturated heterocycles. The van der Waals surface area contributed by atoms with E-state index in [1.165, 1.54) is 31.3 Å². The summed E-state index contributed by atoms with van der Waals surface area (Å²) in [5.41, 5.74) is 0.784. The average molecular weight is 476 g/mol. The van der Waals surface area contributed by atoms with Gasteiger partial charge in [-0.2, -0.15) is 0 Å². The summed E-state index contributed by atoms with van der Waals surface area (Å²) >= 11 is 6.19. The van der Waals surface area contributed by atoms with E-state index in [0.717, 1.165) is 0 Å². The number of hydrogen-bond acceptors (Lipinski definition) is 7. The molecule has 0 saturated carbocycles. The zero-order chi connectivity index (χ0) is 24.1. The summed E-state index contributed by atoms with van der Waals surface area (Å²) in [6.45, 7) is 0.688. The van der Waals surface area contributed by atoms with Crippen molar-refractivity contribution in [2.75, 3.05) is 41.6 Å². The fourth-order valence-electron chi connectivity index (χ4n) is 3.81. The molecule has 0 aromatic heterocycles. The van der Waals surface area contributed by atoms with E-state index in [4.69, 9.17) is 30.5 Å². The lowest BCUT2D eigenvalue weighted by Crippen LogP contribution is -2.31. The molecule has 8 nitrogen and oxygen atoms in total. The van der Waals surface area contributed by atoms with Crippen LogP contribution in [0.1, 0.15) is 23.6 Å². The third-order valence-corrected chi connectivity index (χ3v) is 5.74. The summed E-state index contributed by atoms with van der Waals surface area (Å²) in [6, 6.07) is 9.12. The third-order valence-electron chi connectivity index (χ3n) is 5.45. The largest absolute Gasteiger partial charge is 0.507 e. The van der Waals surface area contributed by atoms with Gasteiger partial charge in [-0.1, -0.05) is 23.7 Å². The Morgan fingerprint density at radius 2 is 1.67 bits per heavy atom. The highest BCUT2D eigenvalue weighted by Crippen LogP contribution is 2.43. The summed E-state index contributed by atoms with van der Waals surface area (Å²) in [7, 11) is 5.96. The Morgan fingerprint density at radius 1 is 1.00 bits per heavy atom. The number of likely N-dealkylation sites (tertiary alicyclic amines) is 1. The van der Waals surface area contributed by atoms with E-state index in [2.05, 4.69) is 0 Å². The first-order valence-electron chi connectivity index (χ1n) is 10.2. The van der Waals surface area contributed by atoms with E-state index in [-0.39, 0.29) is 40.0 Å². The van der Waals surface area contributed by atoms with Crippen molar-refractivity contribution in [2.24, 2.45) is 0 Å². The zero-order valence-electron chi connectivity index (χ0n) is 18.9. The van der Waals surface area contributed by atoms with Crippen LogP contribution in [0.3, 0.4) is 0 Å². The quantitative estimate of drug-likeness (QED) is 0.255. The second-order valence-electron chi connectivity index (χ2n) is 7.30. The lowest BCUT2D eigenvalue weighted by Gasteiger charge is -2.25. The van der Waals surface area contributed by atoms with Crippen LogP contribution in [0, 0.1) is 0 Å². The maximum absolute atomic E-state index is 13.1. The van der Waals surface area contributed by atoms with E-state index in [1.54, 1.807) is 38.5 Å². The van der Waals surface area contributed by atoms with E-state index < -0.39 is 17.7 Å². The zero-order valence-corrected chi connectivity index (χ0v) is 19.6. The van der Waals surface area contributed by atoms with Crippen molar-refractivity contribution in [3.05, 3.63) is 58.1 Å². The van der Waals surface area contributed by atoms with Gasteiger partial charge >= 0.3 is 0 Å². The minimum absolute atomic E-state index is 0.0507. The van der Waals surface area contributed by atoms with Crippen LogP contribution >= 0.6 is 11.6 Å². The number of rotatable bonds is 9. The van der Waals surface area contributed by atoms with Gasteiger partial charge < -0.3 is 29.0 Å². The van der Waals surface area contributed by atoms with Gasteiger partial charge in [0.25, 0.3) is 11.7 Å². The van der Waals surface area contributed by atoms with Crippen LogP contribution in [0.4, 0.5) is 0 Å².